The third-order valence-electron chi connectivity index (χ3n) is 3.89. The van der Waals surface area contributed by atoms with Crippen LogP contribution in [0.25, 0.3) is 0 Å². The molecule has 1 unspecified atom stereocenters. The lowest BCUT2D eigenvalue weighted by molar-refractivity contribution is -0.142. The minimum absolute atomic E-state index is 0.0137. The van der Waals surface area contributed by atoms with E-state index < -0.39 is 19.2 Å². The Bertz CT molecular complexity index is 1000. The summed E-state index contributed by atoms with van der Waals surface area (Å²) in [6, 6.07) is 7.54. The van der Waals surface area contributed by atoms with Crippen molar-refractivity contribution in [1.82, 2.24) is 5.32 Å². The van der Waals surface area contributed by atoms with Crippen LogP contribution in [0.1, 0.15) is 29.3 Å². The Morgan fingerprint density at radius 1 is 1.16 bits per heavy atom. The van der Waals surface area contributed by atoms with E-state index in [2.05, 4.69) is 37.2 Å². The van der Waals surface area contributed by atoms with Crippen molar-refractivity contribution in [3.8, 4) is 17.2 Å². The maximum absolute atomic E-state index is 12.4. The van der Waals surface area contributed by atoms with Crippen LogP contribution in [0.4, 0.5) is 0 Å². The number of esters is 1. The number of aromatic hydroxyl groups is 1. The van der Waals surface area contributed by atoms with Gasteiger partial charge < -0.3 is 24.8 Å². The minimum atomic E-state index is -3.24. The van der Waals surface area contributed by atoms with E-state index in [0.717, 1.165) is 0 Å². The minimum Gasteiger partial charge on any atom is -0.507 e. The van der Waals surface area contributed by atoms with Gasteiger partial charge in [0, 0.05) is 19.4 Å². The van der Waals surface area contributed by atoms with Crippen LogP contribution in [-0.2, 0) is 20.3 Å². The Kier molecular flexibility index (Phi) is 9.12. The maximum atomic E-state index is 12.4. The van der Waals surface area contributed by atoms with Gasteiger partial charge in [-0.3, -0.25) is 14.2 Å². The van der Waals surface area contributed by atoms with Crippen LogP contribution >= 0.6 is 39.2 Å². The predicted molar refractivity (Wildman–Crippen MR) is 123 cm³/mol. The first-order valence-electron chi connectivity index (χ1n) is 9.22. The predicted octanol–water partition coefficient (Wildman–Crippen LogP) is 4.79. The third kappa shape index (κ3) is 7.96. The quantitative estimate of drug-likeness (QED) is 0.289. The monoisotopic (exact) mass is 577 g/mol. The first kappa shape index (κ1) is 25.4. The van der Waals surface area contributed by atoms with Gasteiger partial charge in [0.05, 0.1) is 27.5 Å². The largest absolute Gasteiger partial charge is 0.507 e. The molecule has 0 saturated carbocycles. The summed E-state index contributed by atoms with van der Waals surface area (Å²) in [5, 5.41) is 12.6. The van der Waals surface area contributed by atoms with Crippen LogP contribution in [-0.4, -0.2) is 41.7 Å². The zero-order valence-corrected chi connectivity index (χ0v) is 20.9. The molecule has 2 rings (SSSR count). The molecule has 0 aliphatic carbocycles. The molecule has 3 N–H and O–H groups in total. The van der Waals surface area contributed by atoms with Crippen LogP contribution in [0.5, 0.6) is 17.2 Å². The number of carbonyl (C=O) groups excluding carboxylic acids is 2. The van der Waals surface area contributed by atoms with Gasteiger partial charge in [-0.25, -0.2) is 0 Å². The summed E-state index contributed by atoms with van der Waals surface area (Å²) in [6.07, 6.45) is 0.0289. The molecule has 0 radical (unpaired) electrons. The average Bonchev–Trinajstić information content (AvgIpc) is 2.64. The molecule has 0 bridgehead atoms. The third-order valence-corrected chi connectivity index (χ3v) is 6.02. The van der Waals surface area contributed by atoms with Crippen molar-refractivity contribution in [2.75, 3.05) is 19.8 Å². The summed E-state index contributed by atoms with van der Waals surface area (Å²) in [5.74, 6) is -0.556. The molecule has 11 heteroatoms. The van der Waals surface area contributed by atoms with Gasteiger partial charge in [-0.1, -0.05) is 0 Å². The number of amides is 1. The first-order chi connectivity index (χ1) is 14.5. The van der Waals surface area contributed by atoms with Crippen molar-refractivity contribution in [2.45, 2.75) is 19.5 Å². The van der Waals surface area contributed by atoms with E-state index in [9.17, 15) is 24.2 Å². The Balaban J connectivity index is 2.16. The van der Waals surface area contributed by atoms with E-state index in [1.165, 1.54) is 24.9 Å². The lowest BCUT2D eigenvalue weighted by Gasteiger charge is -2.14. The fraction of sp³-hybridized carbons (Fsp3) is 0.300. The van der Waals surface area contributed by atoms with E-state index in [1.54, 1.807) is 19.1 Å². The highest BCUT2D eigenvalue weighted by atomic mass is 79.9. The van der Waals surface area contributed by atoms with Crippen molar-refractivity contribution in [1.29, 1.82) is 0 Å². The molecule has 8 nitrogen and oxygen atoms in total. The van der Waals surface area contributed by atoms with Crippen molar-refractivity contribution < 1.29 is 33.6 Å². The Labute approximate surface area is 196 Å². The second-order valence-corrected chi connectivity index (χ2v) is 10.8. The highest BCUT2D eigenvalue weighted by molar-refractivity contribution is 9.11. The molecule has 2 aromatic carbocycles. The molecule has 1 atom stereocenters. The SMILES string of the molecule is CCOC(=O)CCNC(=O)c1cc(Oc2c(Br)cc(CP(C)(=O)O)cc2Br)ccc1O. The van der Waals surface area contributed by atoms with Gasteiger partial charge >= 0.3 is 5.97 Å². The molecule has 0 spiro atoms. The molecule has 168 valence electrons. The van der Waals surface area contributed by atoms with Crippen LogP contribution in [0.3, 0.4) is 0 Å². The molecule has 0 aromatic heterocycles. The second kappa shape index (κ2) is 11.1. The van der Waals surface area contributed by atoms with E-state index >= 15 is 0 Å². The topological polar surface area (TPSA) is 122 Å². The average molecular weight is 579 g/mol. The molecule has 0 aliphatic heterocycles. The standard InChI is InChI=1S/C20H22Br2NO7P/c1-3-29-18(25)6-7-23-20(26)14-10-13(4-5-17(14)24)30-19-15(21)8-12(9-16(19)22)11-31(2,27)28/h4-5,8-10,24H,3,6-7,11H2,1-2H3,(H,23,26)(H,27,28). The number of hydrogen-bond donors (Lipinski definition) is 3. The van der Waals surface area contributed by atoms with Gasteiger partial charge in [-0.2, -0.15) is 0 Å². The van der Waals surface area contributed by atoms with E-state index in [0.29, 0.717) is 20.3 Å². The highest BCUT2D eigenvalue weighted by Gasteiger charge is 2.18. The van der Waals surface area contributed by atoms with Gasteiger partial charge in [0.2, 0.25) is 7.37 Å². The normalized spacial score (nSPS) is 12.7. The Morgan fingerprint density at radius 2 is 1.81 bits per heavy atom. The number of benzene rings is 2. The van der Waals surface area contributed by atoms with Crippen molar-refractivity contribution in [3.63, 3.8) is 0 Å². The Hall–Kier alpha value is -1.87. The molecule has 0 saturated heterocycles. The molecule has 31 heavy (non-hydrogen) atoms. The fourth-order valence-corrected chi connectivity index (χ4v) is 4.93. The smallest absolute Gasteiger partial charge is 0.307 e. The van der Waals surface area contributed by atoms with Gasteiger partial charge in [0.15, 0.2) is 5.75 Å². The number of phenols is 1. The van der Waals surface area contributed by atoms with Gasteiger partial charge in [-0.15, -0.1) is 0 Å². The second-order valence-electron chi connectivity index (χ2n) is 6.69. The molecule has 0 heterocycles. The number of phenolic OH excluding ortho intramolecular Hbond substituents is 1. The molecular weight excluding hydrogens is 557 g/mol. The summed E-state index contributed by atoms with van der Waals surface area (Å²) >= 11 is 6.77. The van der Waals surface area contributed by atoms with Crippen LogP contribution in [0, 0.1) is 0 Å². The van der Waals surface area contributed by atoms with Crippen LogP contribution in [0.2, 0.25) is 0 Å². The lowest BCUT2D eigenvalue weighted by atomic mass is 10.1. The summed E-state index contributed by atoms with van der Waals surface area (Å²) in [6.45, 7) is 3.30. The zero-order valence-electron chi connectivity index (χ0n) is 16.9. The first-order valence-corrected chi connectivity index (χ1v) is 13.1. The molecule has 2 aromatic rings. The number of halogens is 2. The Morgan fingerprint density at radius 3 is 2.39 bits per heavy atom. The maximum Gasteiger partial charge on any atom is 0.307 e. The number of rotatable bonds is 9. The lowest BCUT2D eigenvalue weighted by Crippen LogP contribution is -2.26. The van der Waals surface area contributed by atoms with Crippen LogP contribution in [0.15, 0.2) is 39.3 Å². The van der Waals surface area contributed by atoms with Crippen LogP contribution < -0.4 is 10.1 Å². The van der Waals surface area contributed by atoms with E-state index in [4.69, 9.17) is 9.47 Å². The summed E-state index contributed by atoms with van der Waals surface area (Å²) in [4.78, 5) is 33.3. The van der Waals surface area contributed by atoms with Gasteiger partial charge in [0.1, 0.15) is 11.5 Å². The van der Waals surface area contributed by atoms with Crippen molar-refractivity contribution >= 4 is 51.1 Å². The highest BCUT2D eigenvalue weighted by Crippen LogP contribution is 2.44. The molecule has 0 aliphatic rings. The number of nitrogens with one attached hydrogen (secondary N) is 1. The van der Waals surface area contributed by atoms with Crippen molar-refractivity contribution in [3.05, 3.63) is 50.4 Å². The molecular formula is C20H22Br2NO7P. The number of ether oxygens (including phenoxy) is 2. The van der Waals surface area contributed by atoms with Crippen molar-refractivity contribution in [2.24, 2.45) is 0 Å². The summed E-state index contributed by atoms with van der Waals surface area (Å²) in [5.41, 5.74) is 0.629. The zero-order chi connectivity index (χ0) is 23.2. The number of hydrogen-bond acceptors (Lipinski definition) is 6. The molecule has 1 amide bonds. The summed E-state index contributed by atoms with van der Waals surface area (Å²) in [7, 11) is -3.24. The summed E-state index contributed by atoms with van der Waals surface area (Å²) < 4.78 is 23.4. The van der Waals surface area contributed by atoms with Gasteiger partial charge in [0.25, 0.3) is 5.91 Å². The number of carbonyl (C=O) groups is 2. The molecule has 0 fully saturated rings. The fourth-order valence-electron chi connectivity index (χ4n) is 2.62. The van der Waals surface area contributed by atoms with Gasteiger partial charge in [-0.05, 0) is 74.7 Å². The van der Waals surface area contributed by atoms with E-state index in [1.807, 2.05) is 0 Å². The van der Waals surface area contributed by atoms with E-state index in [-0.39, 0.29) is 42.8 Å².